The molecular weight excluding hydrogens is 232 g/mol. The lowest BCUT2D eigenvalue weighted by Crippen LogP contribution is -2.58. The number of hydrogen-bond donors (Lipinski definition) is 2. The Bertz CT molecular complexity index is 354. The average Bonchev–Trinajstić information content (AvgIpc) is 2.80. The van der Waals surface area contributed by atoms with Crippen molar-refractivity contribution in [1.29, 1.82) is 0 Å². The average molecular weight is 252 g/mol. The molecule has 1 unspecified atom stereocenters. The first-order chi connectivity index (χ1) is 8.75. The maximum absolute atomic E-state index is 12.4. The van der Waals surface area contributed by atoms with Crippen LogP contribution in [0.15, 0.2) is 0 Å². The number of amides is 3. The Hall–Kier alpha value is -1.30. The lowest BCUT2D eigenvalue weighted by molar-refractivity contribution is -0.136. The van der Waals surface area contributed by atoms with Gasteiger partial charge in [-0.3, -0.25) is 4.79 Å². The number of rotatable bonds is 1. The van der Waals surface area contributed by atoms with E-state index in [1.807, 2.05) is 9.80 Å². The van der Waals surface area contributed by atoms with Crippen molar-refractivity contribution >= 4 is 11.9 Å². The van der Waals surface area contributed by atoms with Gasteiger partial charge in [-0.2, -0.15) is 0 Å². The van der Waals surface area contributed by atoms with Gasteiger partial charge in [-0.05, 0) is 19.4 Å². The van der Waals surface area contributed by atoms with Crippen molar-refractivity contribution in [3.63, 3.8) is 0 Å². The molecule has 3 fully saturated rings. The first-order valence-corrected chi connectivity index (χ1v) is 6.82. The van der Waals surface area contributed by atoms with Crippen molar-refractivity contribution in [3.8, 4) is 0 Å². The smallest absolute Gasteiger partial charge is 0.317 e. The van der Waals surface area contributed by atoms with E-state index in [0.29, 0.717) is 26.2 Å². The number of urea groups is 1. The molecule has 3 aliphatic rings. The molecule has 100 valence electrons. The molecule has 3 heterocycles. The van der Waals surface area contributed by atoms with Crippen LogP contribution >= 0.6 is 0 Å². The molecule has 0 aromatic rings. The third-order valence-electron chi connectivity index (χ3n) is 4.15. The Kier molecular flexibility index (Phi) is 3.11. The molecule has 18 heavy (non-hydrogen) atoms. The lowest BCUT2D eigenvalue weighted by atomic mass is 10.0. The number of fused-ring (bicyclic) bond motifs is 1. The molecule has 3 rings (SSSR count). The molecule has 0 aliphatic carbocycles. The highest BCUT2D eigenvalue weighted by Gasteiger charge is 2.38. The van der Waals surface area contributed by atoms with Crippen LogP contribution in [-0.4, -0.2) is 66.5 Å². The zero-order chi connectivity index (χ0) is 12.5. The van der Waals surface area contributed by atoms with Crippen LogP contribution in [0, 0.1) is 0 Å². The summed E-state index contributed by atoms with van der Waals surface area (Å²) in [5.74, 6) is 0.216. The minimum absolute atomic E-state index is 0.00429. The van der Waals surface area contributed by atoms with E-state index >= 15 is 0 Å². The second-order valence-electron chi connectivity index (χ2n) is 5.32. The summed E-state index contributed by atoms with van der Waals surface area (Å²) < 4.78 is 0. The van der Waals surface area contributed by atoms with Crippen LogP contribution in [0.1, 0.15) is 19.3 Å². The van der Waals surface area contributed by atoms with Crippen molar-refractivity contribution in [2.24, 2.45) is 0 Å². The van der Waals surface area contributed by atoms with Gasteiger partial charge < -0.3 is 20.4 Å². The van der Waals surface area contributed by atoms with Gasteiger partial charge in [-0.15, -0.1) is 0 Å². The molecule has 0 saturated carbocycles. The molecule has 6 heteroatoms. The quantitative estimate of drug-likeness (QED) is 0.653. The lowest BCUT2D eigenvalue weighted by Gasteiger charge is -2.38. The molecule has 3 aliphatic heterocycles. The van der Waals surface area contributed by atoms with Crippen molar-refractivity contribution in [2.75, 3.05) is 32.7 Å². The Morgan fingerprint density at radius 1 is 1.28 bits per heavy atom. The second kappa shape index (κ2) is 4.76. The number of carbonyl (C=O) groups excluding carboxylic acids is 2. The largest absolute Gasteiger partial charge is 0.337 e. The fourth-order valence-electron chi connectivity index (χ4n) is 3.09. The van der Waals surface area contributed by atoms with Gasteiger partial charge in [-0.25, -0.2) is 4.79 Å². The van der Waals surface area contributed by atoms with Crippen LogP contribution in [-0.2, 0) is 4.79 Å². The van der Waals surface area contributed by atoms with Gasteiger partial charge in [-0.1, -0.05) is 6.42 Å². The molecule has 0 bridgehead atoms. The summed E-state index contributed by atoms with van der Waals surface area (Å²) in [5.41, 5.74) is 0. The molecule has 0 spiro atoms. The molecule has 3 amide bonds. The normalized spacial score (nSPS) is 32.1. The maximum atomic E-state index is 12.4. The fraction of sp³-hybridized carbons (Fsp3) is 0.833. The number of piperazine rings is 1. The fourth-order valence-corrected chi connectivity index (χ4v) is 3.09. The van der Waals surface area contributed by atoms with Crippen molar-refractivity contribution in [1.82, 2.24) is 20.4 Å². The number of nitrogens with one attached hydrogen (secondary N) is 2. The van der Waals surface area contributed by atoms with E-state index in [4.69, 9.17) is 0 Å². The predicted octanol–water partition coefficient (Wildman–Crippen LogP) is -0.635. The maximum Gasteiger partial charge on any atom is 0.317 e. The molecular formula is C12H20N4O2. The Morgan fingerprint density at radius 3 is 2.94 bits per heavy atom. The summed E-state index contributed by atoms with van der Waals surface area (Å²) in [4.78, 5) is 27.6. The van der Waals surface area contributed by atoms with Gasteiger partial charge in [0.15, 0.2) is 0 Å². The Balaban J connectivity index is 1.60. The zero-order valence-corrected chi connectivity index (χ0v) is 10.5. The highest BCUT2D eigenvalue weighted by atomic mass is 16.2. The van der Waals surface area contributed by atoms with Gasteiger partial charge >= 0.3 is 6.03 Å². The van der Waals surface area contributed by atoms with Crippen molar-refractivity contribution in [3.05, 3.63) is 0 Å². The number of nitrogens with zero attached hydrogens (tertiary/aromatic N) is 2. The molecule has 2 atom stereocenters. The van der Waals surface area contributed by atoms with Crippen LogP contribution in [0.2, 0.25) is 0 Å². The highest BCUT2D eigenvalue weighted by Crippen LogP contribution is 2.17. The van der Waals surface area contributed by atoms with Crippen molar-refractivity contribution < 1.29 is 9.59 Å². The van der Waals surface area contributed by atoms with Gasteiger partial charge in [0.25, 0.3) is 0 Å². The number of piperidine rings is 1. The summed E-state index contributed by atoms with van der Waals surface area (Å²) in [6.45, 7) is 3.62. The first-order valence-electron chi connectivity index (χ1n) is 6.82. The summed E-state index contributed by atoms with van der Waals surface area (Å²) in [6, 6.07) is 0.178. The topological polar surface area (TPSA) is 64.7 Å². The molecule has 0 aromatic heterocycles. The summed E-state index contributed by atoms with van der Waals surface area (Å²) in [6.07, 6.45) is 3.24. The van der Waals surface area contributed by atoms with E-state index in [2.05, 4.69) is 10.6 Å². The van der Waals surface area contributed by atoms with E-state index in [1.165, 1.54) is 6.42 Å². The number of carbonyl (C=O) groups is 2. The standard InChI is InChI=1S/C12H20N4O2/c17-11(10-3-1-2-4-13-10)15-5-6-16-9(8-15)7-14-12(16)18/h9-10,13H,1-8H2,(H,14,18)/t9?,10-/m0/s1. The monoisotopic (exact) mass is 252 g/mol. The third kappa shape index (κ3) is 2.05. The number of hydrogen-bond acceptors (Lipinski definition) is 3. The van der Waals surface area contributed by atoms with Gasteiger partial charge in [0.2, 0.25) is 5.91 Å². The van der Waals surface area contributed by atoms with Crippen LogP contribution in [0.3, 0.4) is 0 Å². The van der Waals surface area contributed by atoms with Crippen LogP contribution in [0.25, 0.3) is 0 Å². The van der Waals surface area contributed by atoms with E-state index in [1.54, 1.807) is 0 Å². The Labute approximate surface area is 107 Å². The molecule has 6 nitrogen and oxygen atoms in total. The zero-order valence-electron chi connectivity index (χ0n) is 10.5. The van der Waals surface area contributed by atoms with E-state index in [-0.39, 0.29) is 24.0 Å². The minimum Gasteiger partial charge on any atom is -0.337 e. The Morgan fingerprint density at radius 2 is 2.17 bits per heavy atom. The van der Waals surface area contributed by atoms with Crippen LogP contribution in [0.5, 0.6) is 0 Å². The van der Waals surface area contributed by atoms with Gasteiger partial charge in [0.05, 0.1) is 12.1 Å². The van der Waals surface area contributed by atoms with E-state index < -0.39 is 0 Å². The highest BCUT2D eigenvalue weighted by molar-refractivity contribution is 5.83. The van der Waals surface area contributed by atoms with E-state index in [0.717, 1.165) is 19.4 Å². The van der Waals surface area contributed by atoms with Gasteiger partial charge in [0.1, 0.15) is 0 Å². The summed E-state index contributed by atoms with van der Waals surface area (Å²) >= 11 is 0. The SMILES string of the molecule is O=C([C@@H]1CCCCN1)N1CCN2C(=O)NCC2C1. The summed E-state index contributed by atoms with van der Waals surface area (Å²) in [7, 11) is 0. The molecule has 0 aromatic carbocycles. The molecule has 2 N–H and O–H groups in total. The van der Waals surface area contributed by atoms with Crippen LogP contribution in [0.4, 0.5) is 4.79 Å². The molecule has 3 saturated heterocycles. The second-order valence-corrected chi connectivity index (χ2v) is 5.32. The van der Waals surface area contributed by atoms with Crippen LogP contribution < -0.4 is 10.6 Å². The van der Waals surface area contributed by atoms with Gasteiger partial charge in [0, 0.05) is 26.2 Å². The molecule has 0 radical (unpaired) electrons. The minimum atomic E-state index is -0.00429. The summed E-state index contributed by atoms with van der Waals surface area (Å²) in [5, 5.41) is 6.13. The van der Waals surface area contributed by atoms with Crippen molar-refractivity contribution in [2.45, 2.75) is 31.3 Å². The van der Waals surface area contributed by atoms with E-state index in [9.17, 15) is 9.59 Å². The third-order valence-corrected chi connectivity index (χ3v) is 4.15. The predicted molar refractivity (Wildman–Crippen MR) is 66.1 cm³/mol. The first kappa shape index (κ1) is 11.8.